The van der Waals surface area contributed by atoms with Gasteiger partial charge in [0, 0.05) is 28.7 Å². The molecule has 0 aliphatic carbocycles. The van der Waals surface area contributed by atoms with Gasteiger partial charge in [0.15, 0.2) is 5.43 Å². The number of hydrogen-bond acceptors (Lipinski definition) is 3. The van der Waals surface area contributed by atoms with Crippen LogP contribution in [0.2, 0.25) is 0 Å². The first kappa shape index (κ1) is 18.5. The van der Waals surface area contributed by atoms with Gasteiger partial charge in [-0.3, -0.25) is 4.79 Å². The van der Waals surface area contributed by atoms with Crippen molar-refractivity contribution in [3.05, 3.63) is 39.7 Å². The van der Waals surface area contributed by atoms with E-state index in [2.05, 4.69) is 37.7 Å². The lowest BCUT2D eigenvalue weighted by atomic mass is 10.1. The van der Waals surface area contributed by atoms with Crippen molar-refractivity contribution in [1.29, 1.82) is 0 Å². The van der Waals surface area contributed by atoms with Gasteiger partial charge in [-0.1, -0.05) is 27.2 Å². The number of aromatic amines is 1. The molecular weight excluding hydrogens is 300 g/mol. The van der Waals surface area contributed by atoms with Crippen LogP contribution in [0.25, 0.3) is 10.9 Å². The van der Waals surface area contributed by atoms with Crippen molar-refractivity contribution in [1.82, 2.24) is 9.88 Å². The molecule has 1 aromatic heterocycles. The van der Waals surface area contributed by atoms with Gasteiger partial charge >= 0.3 is 0 Å². The topological polar surface area (TPSA) is 45.3 Å². The Balaban J connectivity index is 2.33. The lowest BCUT2D eigenvalue weighted by Crippen LogP contribution is -2.25. The predicted octanol–water partition coefficient (Wildman–Crippen LogP) is 4.10. The Labute approximate surface area is 144 Å². The molecule has 0 radical (unpaired) electrons. The van der Waals surface area contributed by atoms with Crippen LogP contribution in [0.5, 0.6) is 5.75 Å². The van der Waals surface area contributed by atoms with Crippen molar-refractivity contribution in [2.45, 2.75) is 47.1 Å². The van der Waals surface area contributed by atoms with Crippen molar-refractivity contribution in [2.75, 3.05) is 20.2 Å². The number of pyridine rings is 1. The number of hydrogen-bond donors (Lipinski definition) is 1. The maximum absolute atomic E-state index is 12.9. The highest BCUT2D eigenvalue weighted by atomic mass is 16.5. The minimum absolute atomic E-state index is 0.111. The second-order valence-corrected chi connectivity index (χ2v) is 7.06. The molecule has 1 aromatic carbocycles. The van der Waals surface area contributed by atoms with E-state index in [0.29, 0.717) is 24.5 Å². The number of H-pyrrole nitrogens is 1. The van der Waals surface area contributed by atoms with E-state index in [4.69, 9.17) is 4.74 Å². The Morgan fingerprint density at radius 3 is 2.71 bits per heavy atom. The second kappa shape index (κ2) is 8.34. The molecule has 0 saturated carbocycles. The van der Waals surface area contributed by atoms with E-state index in [1.165, 1.54) is 0 Å². The van der Waals surface area contributed by atoms with E-state index in [-0.39, 0.29) is 5.43 Å². The van der Waals surface area contributed by atoms with Gasteiger partial charge in [-0.05, 0) is 51.1 Å². The number of benzene rings is 1. The second-order valence-electron chi connectivity index (χ2n) is 7.06. The number of nitrogens with zero attached hydrogens (tertiary/aromatic N) is 1. The first-order valence-corrected chi connectivity index (χ1v) is 8.89. The fraction of sp³-hybridized carbons (Fsp3) is 0.550. The van der Waals surface area contributed by atoms with Crippen LogP contribution in [0.1, 0.15) is 44.9 Å². The van der Waals surface area contributed by atoms with Crippen LogP contribution < -0.4 is 10.2 Å². The third kappa shape index (κ3) is 4.60. The van der Waals surface area contributed by atoms with Gasteiger partial charge in [0.25, 0.3) is 0 Å². The van der Waals surface area contributed by atoms with Gasteiger partial charge in [-0.2, -0.15) is 0 Å². The maximum Gasteiger partial charge on any atom is 0.194 e. The summed E-state index contributed by atoms with van der Waals surface area (Å²) >= 11 is 0. The molecule has 0 atom stereocenters. The molecule has 0 fully saturated rings. The zero-order valence-electron chi connectivity index (χ0n) is 15.6. The van der Waals surface area contributed by atoms with Gasteiger partial charge in [0.05, 0.1) is 6.61 Å². The SMILES string of the molecule is CCCCN(C)Cc1c(C)[nH]c2ccc(OCC(C)C)cc2c1=O. The summed E-state index contributed by atoms with van der Waals surface area (Å²) in [4.78, 5) is 18.5. The monoisotopic (exact) mass is 330 g/mol. The van der Waals surface area contributed by atoms with Crippen molar-refractivity contribution in [3.63, 3.8) is 0 Å². The highest BCUT2D eigenvalue weighted by molar-refractivity contribution is 5.81. The molecule has 2 rings (SSSR count). The highest BCUT2D eigenvalue weighted by Gasteiger charge is 2.12. The lowest BCUT2D eigenvalue weighted by molar-refractivity contribution is 0.271. The number of ether oxygens (including phenoxy) is 1. The molecule has 1 heterocycles. The van der Waals surface area contributed by atoms with E-state index in [1.54, 1.807) is 0 Å². The van der Waals surface area contributed by atoms with E-state index in [0.717, 1.165) is 41.9 Å². The van der Waals surface area contributed by atoms with Crippen LogP contribution in [0.3, 0.4) is 0 Å². The summed E-state index contributed by atoms with van der Waals surface area (Å²) in [6, 6.07) is 5.72. The normalized spacial score (nSPS) is 11.6. The zero-order valence-corrected chi connectivity index (χ0v) is 15.6. The summed E-state index contributed by atoms with van der Waals surface area (Å²) in [7, 11) is 2.07. The molecule has 1 N–H and O–H groups in total. The summed E-state index contributed by atoms with van der Waals surface area (Å²) in [6.45, 7) is 10.7. The van der Waals surface area contributed by atoms with Gasteiger partial charge in [-0.15, -0.1) is 0 Å². The molecule has 0 unspecified atom stereocenters. The van der Waals surface area contributed by atoms with Crippen LogP contribution in [-0.4, -0.2) is 30.1 Å². The molecule has 4 heteroatoms. The number of fused-ring (bicyclic) bond motifs is 1. The number of rotatable bonds is 8. The summed E-state index contributed by atoms with van der Waals surface area (Å²) in [5, 5.41) is 0.709. The van der Waals surface area contributed by atoms with Crippen molar-refractivity contribution in [3.8, 4) is 5.75 Å². The molecule has 0 amide bonds. The zero-order chi connectivity index (χ0) is 17.7. The molecule has 0 saturated heterocycles. The van der Waals surface area contributed by atoms with Crippen LogP contribution in [-0.2, 0) is 6.54 Å². The van der Waals surface area contributed by atoms with E-state index >= 15 is 0 Å². The fourth-order valence-corrected chi connectivity index (χ4v) is 2.75. The number of nitrogens with one attached hydrogen (secondary N) is 1. The minimum atomic E-state index is 0.111. The van der Waals surface area contributed by atoms with Gasteiger partial charge in [0.1, 0.15) is 5.75 Å². The first-order valence-electron chi connectivity index (χ1n) is 8.89. The number of unbranched alkanes of at least 4 members (excludes halogenated alkanes) is 1. The third-order valence-electron chi connectivity index (χ3n) is 4.19. The van der Waals surface area contributed by atoms with Crippen LogP contribution >= 0.6 is 0 Å². The molecule has 0 spiro atoms. The first-order chi connectivity index (χ1) is 11.4. The fourth-order valence-electron chi connectivity index (χ4n) is 2.75. The van der Waals surface area contributed by atoms with E-state index in [1.807, 2.05) is 25.1 Å². The maximum atomic E-state index is 12.9. The summed E-state index contributed by atoms with van der Waals surface area (Å²) in [5.74, 6) is 1.22. The largest absolute Gasteiger partial charge is 0.493 e. The average molecular weight is 330 g/mol. The molecule has 4 nitrogen and oxygen atoms in total. The number of aromatic nitrogens is 1. The number of aryl methyl sites for hydroxylation is 1. The smallest absolute Gasteiger partial charge is 0.194 e. The molecule has 24 heavy (non-hydrogen) atoms. The quantitative estimate of drug-likeness (QED) is 0.792. The van der Waals surface area contributed by atoms with Gasteiger partial charge in [-0.25, -0.2) is 0 Å². The minimum Gasteiger partial charge on any atom is -0.493 e. The Bertz CT molecular complexity index is 734. The van der Waals surface area contributed by atoms with Crippen LogP contribution in [0, 0.1) is 12.8 Å². The van der Waals surface area contributed by atoms with Crippen molar-refractivity contribution in [2.24, 2.45) is 5.92 Å². The Morgan fingerprint density at radius 2 is 2.04 bits per heavy atom. The molecule has 0 aliphatic rings. The molecular formula is C20H30N2O2. The van der Waals surface area contributed by atoms with Crippen molar-refractivity contribution >= 4 is 10.9 Å². The van der Waals surface area contributed by atoms with Gasteiger partial charge < -0.3 is 14.6 Å². The third-order valence-corrected chi connectivity index (χ3v) is 4.19. The highest BCUT2D eigenvalue weighted by Crippen LogP contribution is 2.19. The standard InChI is InChI=1S/C20H30N2O2/c1-6-7-10-22(5)12-18-15(4)21-19-9-8-16(24-13-14(2)3)11-17(19)20(18)23/h8-9,11,14H,6-7,10,12-13H2,1-5H3,(H,21,23). The molecule has 2 aromatic rings. The molecule has 132 valence electrons. The van der Waals surface area contributed by atoms with Gasteiger partial charge in [0.2, 0.25) is 0 Å². The molecule has 0 aliphatic heterocycles. The molecule has 0 bridgehead atoms. The van der Waals surface area contributed by atoms with Crippen LogP contribution in [0.4, 0.5) is 0 Å². The summed E-state index contributed by atoms with van der Waals surface area (Å²) in [6.07, 6.45) is 2.31. The summed E-state index contributed by atoms with van der Waals surface area (Å²) < 4.78 is 5.77. The Kier molecular flexibility index (Phi) is 6.44. The predicted molar refractivity (Wildman–Crippen MR) is 101 cm³/mol. The summed E-state index contributed by atoms with van der Waals surface area (Å²) in [5.41, 5.74) is 2.78. The average Bonchev–Trinajstić information content (AvgIpc) is 2.55. The van der Waals surface area contributed by atoms with E-state index < -0.39 is 0 Å². The van der Waals surface area contributed by atoms with Crippen molar-refractivity contribution < 1.29 is 4.74 Å². The van der Waals surface area contributed by atoms with Crippen LogP contribution in [0.15, 0.2) is 23.0 Å². The Hall–Kier alpha value is -1.81. The van der Waals surface area contributed by atoms with E-state index in [9.17, 15) is 4.79 Å². The lowest BCUT2D eigenvalue weighted by Gasteiger charge is -2.18. The Morgan fingerprint density at radius 1 is 1.29 bits per heavy atom.